The summed E-state index contributed by atoms with van der Waals surface area (Å²) in [4.78, 5) is 8.78. The van der Waals surface area contributed by atoms with Crippen LogP contribution in [-0.4, -0.2) is 15.1 Å². The molecule has 2 heterocycles. The summed E-state index contributed by atoms with van der Waals surface area (Å²) in [6.07, 6.45) is 3.45. The quantitative estimate of drug-likeness (QED) is 0.531. The summed E-state index contributed by atoms with van der Waals surface area (Å²) in [6, 6.07) is 19.6. The minimum atomic E-state index is -0.244. The van der Waals surface area contributed by atoms with E-state index in [1.807, 2.05) is 42.5 Å². The van der Waals surface area contributed by atoms with Crippen LogP contribution < -0.4 is 5.32 Å². The van der Waals surface area contributed by atoms with Crippen molar-refractivity contribution in [2.75, 3.05) is 5.32 Å². The largest absolute Gasteiger partial charge is 0.505 e. The Labute approximate surface area is 158 Å². The van der Waals surface area contributed by atoms with Crippen LogP contribution in [0.5, 0.6) is 5.75 Å². The molecule has 0 unspecified atom stereocenters. The number of nitrogens with one attached hydrogen (secondary N) is 1. The zero-order valence-electron chi connectivity index (χ0n) is 15.3. The average molecular weight is 355 g/mol. The van der Waals surface area contributed by atoms with Gasteiger partial charge in [-0.1, -0.05) is 48.0 Å². The third-order valence-electron chi connectivity index (χ3n) is 4.79. The van der Waals surface area contributed by atoms with Crippen LogP contribution in [-0.2, 0) is 0 Å². The highest BCUT2D eigenvalue weighted by molar-refractivity contribution is 5.86. The smallest absolute Gasteiger partial charge is 0.147 e. The van der Waals surface area contributed by atoms with Crippen LogP contribution in [0.3, 0.4) is 0 Å². The Kier molecular flexibility index (Phi) is 4.47. The number of anilines is 1. The minimum absolute atomic E-state index is 0.197. The lowest BCUT2D eigenvalue weighted by atomic mass is 9.92. The number of rotatable bonds is 4. The summed E-state index contributed by atoms with van der Waals surface area (Å²) in [5, 5.41) is 15.4. The Morgan fingerprint density at radius 3 is 2.52 bits per heavy atom. The summed E-state index contributed by atoms with van der Waals surface area (Å²) < 4.78 is 0. The second-order valence-corrected chi connectivity index (χ2v) is 6.73. The van der Waals surface area contributed by atoms with Crippen LogP contribution in [0.4, 0.5) is 5.82 Å². The molecule has 0 radical (unpaired) electrons. The molecule has 0 bridgehead atoms. The summed E-state index contributed by atoms with van der Waals surface area (Å²) in [7, 11) is 0. The number of benzene rings is 2. The van der Waals surface area contributed by atoms with Crippen molar-refractivity contribution in [2.45, 2.75) is 19.9 Å². The molecule has 4 aromatic rings. The Balaban J connectivity index is 1.90. The number of pyridine rings is 2. The van der Waals surface area contributed by atoms with E-state index in [0.717, 1.165) is 27.9 Å². The molecule has 4 rings (SSSR count). The molecule has 2 aromatic heterocycles. The molecule has 4 heteroatoms. The van der Waals surface area contributed by atoms with E-state index < -0.39 is 0 Å². The lowest BCUT2D eigenvalue weighted by molar-refractivity contribution is 0.471. The highest BCUT2D eigenvalue weighted by Gasteiger charge is 2.22. The number of hydrogen-bond donors (Lipinski definition) is 2. The molecule has 0 amide bonds. The van der Waals surface area contributed by atoms with Crippen molar-refractivity contribution in [2.24, 2.45) is 0 Å². The van der Waals surface area contributed by atoms with Crippen LogP contribution in [0.15, 0.2) is 73.1 Å². The highest BCUT2D eigenvalue weighted by Crippen LogP contribution is 2.37. The lowest BCUT2D eigenvalue weighted by Gasteiger charge is -2.24. The molecule has 0 aliphatic heterocycles. The Morgan fingerprint density at radius 1 is 0.852 bits per heavy atom. The maximum absolute atomic E-state index is 11.0. The van der Waals surface area contributed by atoms with E-state index in [1.54, 1.807) is 12.4 Å². The van der Waals surface area contributed by atoms with Gasteiger partial charge in [0.1, 0.15) is 17.1 Å². The fraction of sp³-hybridized carbons (Fsp3) is 0.130. The van der Waals surface area contributed by atoms with Crippen LogP contribution in [0, 0.1) is 13.8 Å². The normalized spacial score (nSPS) is 12.1. The summed E-state index contributed by atoms with van der Waals surface area (Å²) in [6.45, 7) is 4.15. The molecule has 4 nitrogen and oxygen atoms in total. The standard InChI is InChI=1S/C23H21N3O/c1-15-8-9-16(2)19(14-15)22(26-20-7-3-4-12-24-20)18-11-10-17-6-5-13-25-21(17)23(18)27/h3-14,22,27H,1-2H3,(H,24,26)/t22-/m0/s1. The first-order chi connectivity index (χ1) is 13.1. The molecule has 0 fully saturated rings. The lowest BCUT2D eigenvalue weighted by Crippen LogP contribution is -2.15. The zero-order chi connectivity index (χ0) is 18.8. The van der Waals surface area contributed by atoms with Crippen molar-refractivity contribution in [3.63, 3.8) is 0 Å². The first kappa shape index (κ1) is 17.0. The van der Waals surface area contributed by atoms with Crippen molar-refractivity contribution < 1.29 is 5.11 Å². The SMILES string of the molecule is Cc1ccc(C)c([C@@H](Nc2ccccn2)c2ccc3cccnc3c2O)c1. The molecule has 2 N–H and O–H groups in total. The first-order valence-corrected chi connectivity index (χ1v) is 8.95. The van der Waals surface area contributed by atoms with Crippen molar-refractivity contribution in [1.82, 2.24) is 9.97 Å². The molecule has 134 valence electrons. The van der Waals surface area contributed by atoms with Crippen molar-refractivity contribution >= 4 is 16.7 Å². The van der Waals surface area contributed by atoms with Gasteiger partial charge in [0.25, 0.3) is 0 Å². The van der Waals surface area contributed by atoms with Gasteiger partial charge in [-0.25, -0.2) is 4.98 Å². The second-order valence-electron chi connectivity index (χ2n) is 6.73. The third-order valence-corrected chi connectivity index (χ3v) is 4.79. The number of phenols is 1. The topological polar surface area (TPSA) is 58.0 Å². The van der Waals surface area contributed by atoms with Crippen molar-refractivity contribution in [3.05, 3.63) is 95.3 Å². The summed E-state index contributed by atoms with van der Waals surface area (Å²) in [5.74, 6) is 0.950. The van der Waals surface area contributed by atoms with E-state index in [1.165, 1.54) is 5.56 Å². The molecule has 0 spiro atoms. The molecule has 0 aliphatic carbocycles. The van der Waals surface area contributed by atoms with Crippen LogP contribution in [0.2, 0.25) is 0 Å². The van der Waals surface area contributed by atoms with E-state index in [4.69, 9.17) is 0 Å². The third kappa shape index (κ3) is 3.34. The number of fused-ring (bicyclic) bond motifs is 1. The van der Waals surface area contributed by atoms with Crippen LogP contribution in [0.1, 0.15) is 28.3 Å². The number of phenolic OH excluding ortho intramolecular Hbond substituents is 1. The van der Waals surface area contributed by atoms with Gasteiger partial charge in [-0.15, -0.1) is 0 Å². The van der Waals surface area contributed by atoms with E-state index in [9.17, 15) is 5.11 Å². The minimum Gasteiger partial charge on any atom is -0.505 e. The van der Waals surface area contributed by atoms with Gasteiger partial charge >= 0.3 is 0 Å². The predicted octanol–water partition coefficient (Wildman–Crippen LogP) is 5.15. The van der Waals surface area contributed by atoms with Gasteiger partial charge in [0.15, 0.2) is 0 Å². The molecule has 0 saturated carbocycles. The Bertz CT molecular complexity index is 1090. The van der Waals surface area contributed by atoms with Gasteiger partial charge in [0.2, 0.25) is 0 Å². The molecule has 2 aromatic carbocycles. The molecule has 0 saturated heterocycles. The van der Waals surface area contributed by atoms with Gasteiger partial charge < -0.3 is 10.4 Å². The first-order valence-electron chi connectivity index (χ1n) is 8.95. The molecule has 1 atom stereocenters. The molecular weight excluding hydrogens is 334 g/mol. The average Bonchev–Trinajstić information content (AvgIpc) is 2.70. The number of aromatic hydroxyl groups is 1. The van der Waals surface area contributed by atoms with Crippen molar-refractivity contribution in [3.8, 4) is 5.75 Å². The number of nitrogens with zero attached hydrogens (tertiary/aromatic N) is 2. The highest BCUT2D eigenvalue weighted by atomic mass is 16.3. The molecular formula is C23H21N3O. The fourth-order valence-corrected chi connectivity index (χ4v) is 3.37. The Morgan fingerprint density at radius 2 is 1.70 bits per heavy atom. The van der Waals surface area contributed by atoms with E-state index >= 15 is 0 Å². The fourth-order valence-electron chi connectivity index (χ4n) is 3.37. The van der Waals surface area contributed by atoms with Crippen LogP contribution >= 0.6 is 0 Å². The van der Waals surface area contributed by atoms with Gasteiger partial charge in [0, 0.05) is 23.3 Å². The number of aromatic nitrogens is 2. The van der Waals surface area contributed by atoms with Gasteiger partial charge in [-0.05, 0) is 43.2 Å². The predicted molar refractivity (Wildman–Crippen MR) is 109 cm³/mol. The zero-order valence-corrected chi connectivity index (χ0v) is 15.3. The monoisotopic (exact) mass is 355 g/mol. The summed E-state index contributed by atoms with van der Waals surface area (Å²) in [5.41, 5.74) is 4.80. The van der Waals surface area contributed by atoms with Gasteiger partial charge in [-0.3, -0.25) is 4.98 Å². The molecule has 27 heavy (non-hydrogen) atoms. The van der Waals surface area contributed by atoms with Gasteiger partial charge in [-0.2, -0.15) is 0 Å². The van der Waals surface area contributed by atoms with Crippen LogP contribution in [0.25, 0.3) is 10.9 Å². The maximum atomic E-state index is 11.0. The number of hydrogen-bond acceptors (Lipinski definition) is 4. The Hall–Kier alpha value is -3.40. The molecule has 0 aliphatic rings. The van der Waals surface area contributed by atoms with Crippen molar-refractivity contribution in [1.29, 1.82) is 0 Å². The number of aryl methyl sites for hydroxylation is 2. The van der Waals surface area contributed by atoms with Gasteiger partial charge in [0.05, 0.1) is 6.04 Å². The van der Waals surface area contributed by atoms with E-state index in [-0.39, 0.29) is 11.8 Å². The maximum Gasteiger partial charge on any atom is 0.147 e. The van der Waals surface area contributed by atoms with E-state index in [2.05, 4.69) is 47.3 Å². The van der Waals surface area contributed by atoms with E-state index in [0.29, 0.717) is 5.52 Å². The second kappa shape index (κ2) is 7.08. The summed E-state index contributed by atoms with van der Waals surface area (Å²) >= 11 is 0.